The highest BCUT2D eigenvalue weighted by atomic mass is 16.4. The van der Waals surface area contributed by atoms with Crippen LogP contribution in [-0.4, -0.2) is 53.1 Å². The Morgan fingerprint density at radius 2 is 1.71 bits per heavy atom. The molecule has 1 rings (SSSR count). The number of carboxylic acid groups (broad SMARTS) is 1. The minimum absolute atomic E-state index is 0.0311. The average molecular weight is 299 g/mol. The maximum absolute atomic E-state index is 12.0. The van der Waals surface area contributed by atoms with Gasteiger partial charge >= 0.3 is 12.0 Å². The van der Waals surface area contributed by atoms with E-state index in [1.165, 1.54) is 0 Å². The van der Waals surface area contributed by atoms with Crippen molar-refractivity contribution in [1.82, 2.24) is 15.5 Å². The number of carbonyl (C=O) groups excluding carboxylic acids is 2. The molecule has 0 aromatic heterocycles. The quantitative estimate of drug-likeness (QED) is 0.699. The topological polar surface area (TPSA) is 98.7 Å². The molecule has 0 bridgehead atoms. The number of amides is 3. The van der Waals surface area contributed by atoms with Crippen molar-refractivity contribution in [2.24, 2.45) is 5.92 Å². The predicted molar refractivity (Wildman–Crippen MR) is 77.8 cm³/mol. The van der Waals surface area contributed by atoms with Gasteiger partial charge in [0.15, 0.2) is 0 Å². The van der Waals surface area contributed by atoms with Crippen LogP contribution in [0.5, 0.6) is 0 Å². The largest absolute Gasteiger partial charge is 0.481 e. The second kappa shape index (κ2) is 7.85. The number of urea groups is 1. The second-order valence-corrected chi connectivity index (χ2v) is 5.86. The molecule has 1 atom stereocenters. The van der Waals surface area contributed by atoms with E-state index < -0.39 is 12.0 Å². The summed E-state index contributed by atoms with van der Waals surface area (Å²) in [6.45, 7) is 6.43. The molecule has 0 aliphatic carbocycles. The van der Waals surface area contributed by atoms with E-state index in [2.05, 4.69) is 10.6 Å². The van der Waals surface area contributed by atoms with Gasteiger partial charge in [0.05, 0.1) is 0 Å². The van der Waals surface area contributed by atoms with Crippen molar-refractivity contribution in [3.05, 3.63) is 0 Å². The first kappa shape index (κ1) is 17.3. The number of hydrogen-bond acceptors (Lipinski definition) is 3. The molecule has 1 heterocycles. The van der Waals surface area contributed by atoms with Crippen LogP contribution >= 0.6 is 0 Å². The smallest absolute Gasteiger partial charge is 0.318 e. The zero-order valence-corrected chi connectivity index (χ0v) is 12.9. The lowest BCUT2D eigenvalue weighted by Gasteiger charge is -2.32. The molecule has 1 aliphatic rings. The van der Waals surface area contributed by atoms with Crippen molar-refractivity contribution in [2.45, 2.75) is 52.1 Å². The molecule has 0 aromatic carbocycles. The van der Waals surface area contributed by atoms with E-state index in [1.54, 1.807) is 11.8 Å². The molecule has 1 unspecified atom stereocenters. The monoisotopic (exact) mass is 299 g/mol. The lowest BCUT2D eigenvalue weighted by atomic mass is 9.94. The van der Waals surface area contributed by atoms with Crippen LogP contribution in [-0.2, 0) is 9.59 Å². The number of piperidine rings is 1. The number of nitrogens with one attached hydrogen (secondary N) is 2. The van der Waals surface area contributed by atoms with Crippen molar-refractivity contribution in [3.63, 3.8) is 0 Å². The molecule has 0 spiro atoms. The van der Waals surface area contributed by atoms with Crippen LogP contribution in [0.25, 0.3) is 0 Å². The minimum Gasteiger partial charge on any atom is -0.481 e. The first-order chi connectivity index (χ1) is 9.79. The highest BCUT2D eigenvalue weighted by Gasteiger charge is 2.26. The van der Waals surface area contributed by atoms with Crippen LogP contribution in [0, 0.1) is 5.92 Å². The number of rotatable bonds is 5. The third-order valence-electron chi connectivity index (χ3n) is 3.53. The summed E-state index contributed by atoms with van der Waals surface area (Å²) in [5.41, 5.74) is 0. The Morgan fingerprint density at radius 3 is 2.19 bits per heavy atom. The predicted octanol–water partition coefficient (Wildman–Crippen LogP) is 0.796. The van der Waals surface area contributed by atoms with E-state index in [1.807, 2.05) is 13.8 Å². The van der Waals surface area contributed by atoms with Gasteiger partial charge in [-0.3, -0.25) is 9.59 Å². The number of carboxylic acids is 1. The van der Waals surface area contributed by atoms with E-state index in [4.69, 9.17) is 5.11 Å². The number of carbonyl (C=O) groups is 3. The molecule has 1 aliphatic heterocycles. The molecule has 1 saturated heterocycles. The van der Waals surface area contributed by atoms with Crippen LogP contribution in [0.4, 0.5) is 4.79 Å². The van der Waals surface area contributed by atoms with Crippen LogP contribution in [0.15, 0.2) is 0 Å². The van der Waals surface area contributed by atoms with Crippen LogP contribution < -0.4 is 10.6 Å². The van der Waals surface area contributed by atoms with Gasteiger partial charge in [0, 0.05) is 25.6 Å². The van der Waals surface area contributed by atoms with Crippen molar-refractivity contribution in [1.29, 1.82) is 0 Å². The molecular weight excluding hydrogens is 274 g/mol. The van der Waals surface area contributed by atoms with E-state index in [-0.39, 0.29) is 30.3 Å². The van der Waals surface area contributed by atoms with E-state index >= 15 is 0 Å². The Bertz CT molecular complexity index is 390. The van der Waals surface area contributed by atoms with E-state index in [0.29, 0.717) is 25.9 Å². The van der Waals surface area contributed by atoms with Crippen molar-refractivity contribution in [2.75, 3.05) is 13.1 Å². The molecule has 1 fully saturated rings. The summed E-state index contributed by atoms with van der Waals surface area (Å²) in [5, 5.41) is 14.2. The molecule has 0 saturated carbocycles. The molecule has 7 heteroatoms. The fraction of sp³-hybridized carbons (Fsp3) is 0.786. The average Bonchev–Trinajstić information content (AvgIpc) is 2.37. The highest BCUT2D eigenvalue weighted by Crippen LogP contribution is 2.20. The van der Waals surface area contributed by atoms with Crippen LogP contribution in [0.3, 0.4) is 0 Å². The number of aliphatic carboxylic acids is 1. The van der Waals surface area contributed by atoms with Crippen molar-refractivity contribution in [3.8, 4) is 0 Å². The third kappa shape index (κ3) is 6.01. The lowest BCUT2D eigenvalue weighted by molar-refractivity contribution is -0.138. The fourth-order valence-corrected chi connectivity index (χ4v) is 2.34. The molecule has 7 nitrogen and oxygen atoms in total. The Kier molecular flexibility index (Phi) is 6.45. The summed E-state index contributed by atoms with van der Waals surface area (Å²) in [6, 6.07) is -0.824. The van der Waals surface area contributed by atoms with Gasteiger partial charge in [0.2, 0.25) is 5.91 Å². The number of nitrogens with zero attached hydrogens (tertiary/aromatic N) is 1. The molecular formula is C14H25N3O4. The van der Waals surface area contributed by atoms with Gasteiger partial charge in [-0.15, -0.1) is 0 Å². The zero-order valence-electron chi connectivity index (χ0n) is 12.9. The summed E-state index contributed by atoms with van der Waals surface area (Å²) in [4.78, 5) is 36.1. The lowest BCUT2D eigenvalue weighted by Crippen LogP contribution is -2.52. The molecule has 21 heavy (non-hydrogen) atoms. The van der Waals surface area contributed by atoms with Gasteiger partial charge in [0.25, 0.3) is 0 Å². The first-order valence-electron chi connectivity index (χ1n) is 7.37. The zero-order chi connectivity index (χ0) is 16.0. The standard InChI is InChI=1S/C14H25N3O4/c1-9(2)15-13(20)10(3)16-14(21)17-6-4-11(5-7-17)8-12(18)19/h9-11H,4-8H2,1-3H3,(H,15,20)(H,16,21)(H,18,19). The van der Waals surface area contributed by atoms with Gasteiger partial charge in [-0.05, 0) is 39.5 Å². The maximum atomic E-state index is 12.0. The normalized spacial score (nSPS) is 17.4. The third-order valence-corrected chi connectivity index (χ3v) is 3.53. The first-order valence-corrected chi connectivity index (χ1v) is 7.37. The molecule has 0 radical (unpaired) electrons. The number of likely N-dealkylation sites (tertiary alicyclic amines) is 1. The molecule has 3 amide bonds. The van der Waals surface area contributed by atoms with Gasteiger partial charge < -0.3 is 20.6 Å². The van der Waals surface area contributed by atoms with Crippen LogP contribution in [0.2, 0.25) is 0 Å². The summed E-state index contributed by atoms with van der Waals surface area (Å²) < 4.78 is 0. The Balaban J connectivity index is 2.37. The summed E-state index contributed by atoms with van der Waals surface area (Å²) in [6.07, 6.45) is 1.53. The van der Waals surface area contributed by atoms with Crippen molar-refractivity contribution < 1.29 is 19.5 Å². The van der Waals surface area contributed by atoms with E-state index in [0.717, 1.165) is 0 Å². The molecule has 0 aromatic rings. The molecule has 120 valence electrons. The van der Waals surface area contributed by atoms with Crippen molar-refractivity contribution >= 4 is 17.9 Å². The fourth-order valence-electron chi connectivity index (χ4n) is 2.34. The van der Waals surface area contributed by atoms with Gasteiger partial charge in [-0.25, -0.2) is 4.79 Å². The van der Waals surface area contributed by atoms with Gasteiger partial charge in [-0.2, -0.15) is 0 Å². The van der Waals surface area contributed by atoms with Gasteiger partial charge in [0.1, 0.15) is 6.04 Å². The minimum atomic E-state index is -0.795. The Morgan fingerprint density at radius 1 is 1.14 bits per heavy atom. The summed E-state index contributed by atoms with van der Waals surface area (Å²) >= 11 is 0. The SMILES string of the molecule is CC(C)NC(=O)C(C)NC(=O)N1CCC(CC(=O)O)CC1. The summed E-state index contributed by atoms with van der Waals surface area (Å²) in [5.74, 6) is -0.871. The summed E-state index contributed by atoms with van der Waals surface area (Å²) in [7, 11) is 0. The second-order valence-electron chi connectivity index (χ2n) is 5.86. The van der Waals surface area contributed by atoms with Crippen LogP contribution in [0.1, 0.15) is 40.0 Å². The number of hydrogen-bond donors (Lipinski definition) is 3. The highest BCUT2D eigenvalue weighted by molar-refractivity contribution is 5.86. The molecule has 3 N–H and O–H groups in total. The van der Waals surface area contributed by atoms with E-state index in [9.17, 15) is 14.4 Å². The van der Waals surface area contributed by atoms with Gasteiger partial charge in [-0.1, -0.05) is 0 Å². The Labute approximate surface area is 125 Å². The maximum Gasteiger partial charge on any atom is 0.318 e. The Hall–Kier alpha value is -1.79.